The second-order valence-electron chi connectivity index (χ2n) is 5.76. The van der Waals surface area contributed by atoms with Gasteiger partial charge in [-0.05, 0) is 30.9 Å². The minimum absolute atomic E-state index is 0.121. The van der Waals surface area contributed by atoms with Crippen molar-refractivity contribution in [3.63, 3.8) is 0 Å². The van der Waals surface area contributed by atoms with Crippen molar-refractivity contribution in [2.45, 2.75) is 12.8 Å². The highest BCUT2D eigenvalue weighted by atomic mass is 16.5. The van der Waals surface area contributed by atoms with E-state index in [-0.39, 0.29) is 12.0 Å². The summed E-state index contributed by atoms with van der Waals surface area (Å²) in [7, 11) is 0. The Morgan fingerprint density at radius 2 is 2.11 bits per heavy atom. The molecule has 4 nitrogen and oxygen atoms in total. The Morgan fingerprint density at radius 1 is 1.32 bits per heavy atom. The fourth-order valence-corrected chi connectivity index (χ4v) is 2.15. The van der Waals surface area contributed by atoms with Gasteiger partial charge in [0.15, 0.2) is 0 Å². The van der Waals surface area contributed by atoms with E-state index in [4.69, 9.17) is 9.47 Å². The number of hydrogen-bond donors (Lipinski definition) is 2. The van der Waals surface area contributed by atoms with Gasteiger partial charge in [-0.25, -0.2) is 0 Å². The van der Waals surface area contributed by atoms with Crippen molar-refractivity contribution >= 4 is 5.69 Å². The lowest BCUT2D eigenvalue weighted by Gasteiger charge is -2.40. The van der Waals surface area contributed by atoms with Crippen molar-refractivity contribution in [1.29, 1.82) is 0 Å². The molecule has 1 heterocycles. The maximum Gasteiger partial charge on any atom is 0.142 e. The van der Waals surface area contributed by atoms with Gasteiger partial charge in [-0.15, -0.1) is 0 Å². The summed E-state index contributed by atoms with van der Waals surface area (Å²) in [5.74, 6) is 1.65. The normalized spacial score (nSPS) is 20.7. The second-order valence-corrected chi connectivity index (χ2v) is 5.76. The van der Waals surface area contributed by atoms with Gasteiger partial charge < -0.3 is 19.9 Å². The van der Waals surface area contributed by atoms with Crippen molar-refractivity contribution < 1.29 is 14.6 Å². The fraction of sp³-hybridized carbons (Fsp3) is 0.600. The molecule has 19 heavy (non-hydrogen) atoms. The summed E-state index contributed by atoms with van der Waals surface area (Å²) in [6.45, 7) is 2.94. The van der Waals surface area contributed by atoms with Gasteiger partial charge in [0.25, 0.3) is 0 Å². The third-order valence-corrected chi connectivity index (χ3v) is 3.86. The number of nitrogens with one attached hydrogen (secondary N) is 1. The first kappa shape index (κ1) is 12.8. The molecule has 1 saturated carbocycles. The summed E-state index contributed by atoms with van der Waals surface area (Å²) < 4.78 is 11.1. The van der Waals surface area contributed by atoms with Crippen molar-refractivity contribution in [1.82, 2.24) is 0 Å². The van der Waals surface area contributed by atoms with E-state index in [0.717, 1.165) is 24.0 Å². The molecule has 2 N–H and O–H groups in total. The lowest BCUT2D eigenvalue weighted by molar-refractivity contribution is -0.128. The van der Waals surface area contributed by atoms with E-state index in [1.54, 1.807) is 0 Å². The smallest absolute Gasteiger partial charge is 0.142 e. The molecule has 2 fully saturated rings. The maximum absolute atomic E-state index is 9.42. The van der Waals surface area contributed by atoms with Crippen molar-refractivity contribution in [2.75, 3.05) is 38.3 Å². The molecule has 1 aromatic carbocycles. The molecule has 1 aliphatic heterocycles. The van der Waals surface area contributed by atoms with E-state index in [1.165, 1.54) is 12.8 Å². The van der Waals surface area contributed by atoms with Crippen LogP contribution in [0.5, 0.6) is 5.75 Å². The minimum Gasteiger partial charge on any atom is -0.491 e. The Bertz CT molecular complexity index is 422. The predicted octanol–water partition coefficient (Wildman–Crippen LogP) is 1.90. The fourth-order valence-electron chi connectivity index (χ4n) is 2.15. The molecule has 1 aromatic rings. The Labute approximate surface area is 113 Å². The third-order valence-electron chi connectivity index (χ3n) is 3.86. The van der Waals surface area contributed by atoms with Crippen LogP contribution in [0.3, 0.4) is 0 Å². The van der Waals surface area contributed by atoms with Crippen LogP contribution in [0, 0.1) is 11.3 Å². The summed E-state index contributed by atoms with van der Waals surface area (Å²) in [5, 5.41) is 12.8. The molecule has 1 saturated heterocycles. The van der Waals surface area contributed by atoms with Crippen LogP contribution in [0.2, 0.25) is 0 Å². The molecule has 2 aliphatic rings. The largest absolute Gasteiger partial charge is 0.491 e. The average Bonchev–Trinajstić information content (AvgIpc) is 3.21. The van der Waals surface area contributed by atoms with Crippen LogP contribution in [0.4, 0.5) is 5.69 Å². The number of aliphatic hydroxyl groups excluding tert-OH is 1. The van der Waals surface area contributed by atoms with Crippen LogP contribution < -0.4 is 10.1 Å². The van der Waals surface area contributed by atoms with Crippen LogP contribution in [0.1, 0.15) is 12.8 Å². The Kier molecular flexibility index (Phi) is 3.62. The van der Waals surface area contributed by atoms with Gasteiger partial charge in [0.05, 0.1) is 37.5 Å². The number of ether oxygens (including phenoxy) is 2. The highest BCUT2D eigenvalue weighted by Crippen LogP contribution is 2.33. The van der Waals surface area contributed by atoms with Crippen LogP contribution in [0.25, 0.3) is 0 Å². The molecular weight excluding hydrogens is 242 g/mol. The lowest BCUT2D eigenvalue weighted by Crippen LogP contribution is -2.50. The average molecular weight is 263 g/mol. The first-order chi connectivity index (χ1) is 9.31. The van der Waals surface area contributed by atoms with Gasteiger partial charge in [0.2, 0.25) is 0 Å². The van der Waals surface area contributed by atoms with E-state index in [0.29, 0.717) is 19.8 Å². The highest BCUT2D eigenvalue weighted by Gasteiger charge is 2.38. The zero-order valence-electron chi connectivity index (χ0n) is 11.1. The summed E-state index contributed by atoms with van der Waals surface area (Å²) in [6, 6.07) is 8.00. The summed E-state index contributed by atoms with van der Waals surface area (Å²) in [4.78, 5) is 0. The molecule has 0 spiro atoms. The zero-order valence-corrected chi connectivity index (χ0v) is 11.1. The SMILES string of the molecule is OCC1(CNc2ccccc2OCC2CC2)COC1. The third kappa shape index (κ3) is 3.01. The van der Waals surface area contributed by atoms with Crippen molar-refractivity contribution in [2.24, 2.45) is 11.3 Å². The van der Waals surface area contributed by atoms with Gasteiger partial charge >= 0.3 is 0 Å². The molecule has 4 heteroatoms. The van der Waals surface area contributed by atoms with Crippen LogP contribution in [0.15, 0.2) is 24.3 Å². The van der Waals surface area contributed by atoms with Crippen LogP contribution in [-0.2, 0) is 4.74 Å². The number of aliphatic hydroxyl groups is 1. The van der Waals surface area contributed by atoms with Gasteiger partial charge in [-0.3, -0.25) is 0 Å². The summed E-state index contributed by atoms with van der Waals surface area (Å²) in [6.07, 6.45) is 2.58. The molecule has 104 valence electrons. The van der Waals surface area contributed by atoms with Gasteiger partial charge in [0.1, 0.15) is 5.75 Å². The number of para-hydroxylation sites is 2. The Hall–Kier alpha value is -1.26. The first-order valence-corrected chi connectivity index (χ1v) is 6.96. The summed E-state index contributed by atoms with van der Waals surface area (Å²) in [5.41, 5.74) is 0.881. The van der Waals surface area contributed by atoms with Crippen LogP contribution in [-0.4, -0.2) is 38.1 Å². The first-order valence-electron chi connectivity index (χ1n) is 6.96. The number of rotatable bonds is 7. The highest BCUT2D eigenvalue weighted by molar-refractivity contribution is 5.56. The number of benzene rings is 1. The molecule has 1 aliphatic carbocycles. The monoisotopic (exact) mass is 263 g/mol. The molecule has 0 aromatic heterocycles. The predicted molar refractivity (Wildman–Crippen MR) is 73.5 cm³/mol. The molecular formula is C15H21NO3. The standard InChI is InChI=1S/C15H21NO3/c17-9-15(10-18-11-15)8-16-13-3-1-2-4-14(13)19-7-12-5-6-12/h1-4,12,16-17H,5-11H2. The molecule has 0 amide bonds. The molecule has 0 unspecified atom stereocenters. The topological polar surface area (TPSA) is 50.7 Å². The minimum atomic E-state index is -0.121. The molecule has 3 rings (SSSR count). The Morgan fingerprint density at radius 3 is 2.74 bits per heavy atom. The second kappa shape index (κ2) is 5.39. The molecule has 0 bridgehead atoms. The van der Waals surface area contributed by atoms with Gasteiger partial charge in [0, 0.05) is 6.54 Å². The quantitative estimate of drug-likeness (QED) is 0.789. The van der Waals surface area contributed by atoms with E-state index < -0.39 is 0 Å². The molecule has 0 atom stereocenters. The van der Waals surface area contributed by atoms with E-state index in [1.807, 2.05) is 24.3 Å². The van der Waals surface area contributed by atoms with Crippen molar-refractivity contribution in [3.8, 4) is 5.75 Å². The van der Waals surface area contributed by atoms with Crippen molar-refractivity contribution in [3.05, 3.63) is 24.3 Å². The zero-order chi connectivity index (χ0) is 13.1. The van der Waals surface area contributed by atoms with E-state index >= 15 is 0 Å². The van der Waals surface area contributed by atoms with Gasteiger partial charge in [-0.2, -0.15) is 0 Å². The van der Waals surface area contributed by atoms with Gasteiger partial charge in [-0.1, -0.05) is 12.1 Å². The van der Waals surface area contributed by atoms with E-state index in [9.17, 15) is 5.11 Å². The molecule has 0 radical (unpaired) electrons. The number of hydrogen-bond acceptors (Lipinski definition) is 4. The number of anilines is 1. The van der Waals surface area contributed by atoms with Crippen LogP contribution >= 0.6 is 0 Å². The van der Waals surface area contributed by atoms with E-state index in [2.05, 4.69) is 5.32 Å². The summed E-state index contributed by atoms with van der Waals surface area (Å²) >= 11 is 0. The maximum atomic E-state index is 9.42. The lowest BCUT2D eigenvalue weighted by atomic mass is 9.87. The Balaban J connectivity index is 1.59.